The van der Waals surface area contributed by atoms with E-state index >= 15 is 0 Å². The summed E-state index contributed by atoms with van der Waals surface area (Å²) >= 11 is 1.21. The molecule has 0 radical (unpaired) electrons. The summed E-state index contributed by atoms with van der Waals surface area (Å²) in [5.41, 5.74) is 1.06. The number of halogens is 1. The van der Waals surface area contributed by atoms with E-state index in [1.54, 1.807) is 31.5 Å². The van der Waals surface area contributed by atoms with Crippen LogP contribution in [0.25, 0.3) is 10.2 Å². The van der Waals surface area contributed by atoms with Crippen molar-refractivity contribution < 1.29 is 17.6 Å². The first-order chi connectivity index (χ1) is 13.3. The summed E-state index contributed by atoms with van der Waals surface area (Å²) < 4.78 is 42.2. The van der Waals surface area contributed by atoms with Crippen LogP contribution in [-0.2, 0) is 17.1 Å². The molecule has 0 N–H and O–H groups in total. The molecule has 1 aromatic heterocycles. The zero-order valence-electron chi connectivity index (χ0n) is 15.7. The van der Waals surface area contributed by atoms with Crippen LogP contribution in [0.5, 0.6) is 0 Å². The largest absolute Gasteiger partial charge is 0.319 e. The average Bonchev–Trinajstić information content (AvgIpc) is 2.97. The van der Waals surface area contributed by atoms with Gasteiger partial charge in [-0.05, 0) is 42.5 Å². The normalized spacial score (nSPS) is 12.8. The van der Waals surface area contributed by atoms with Gasteiger partial charge >= 0.3 is 0 Å². The number of hydrogen-bond acceptors (Lipinski definition) is 4. The molecular weight excluding hydrogens is 401 g/mol. The third-order valence-electron chi connectivity index (χ3n) is 4.41. The minimum Gasteiger partial charge on any atom is -0.319 e. The van der Waals surface area contributed by atoms with Crippen molar-refractivity contribution in [3.05, 3.63) is 58.6 Å². The first-order valence-corrected chi connectivity index (χ1v) is 11.0. The Morgan fingerprint density at radius 1 is 1.14 bits per heavy atom. The predicted octanol–water partition coefficient (Wildman–Crippen LogP) is 3.15. The quantitative estimate of drug-likeness (QED) is 0.635. The first kappa shape index (κ1) is 20.4. The Bertz CT molecular complexity index is 1190. The Balaban J connectivity index is 1.94. The lowest BCUT2D eigenvalue weighted by Crippen LogP contribution is -2.30. The van der Waals surface area contributed by atoms with Crippen molar-refractivity contribution in [1.82, 2.24) is 8.87 Å². The van der Waals surface area contributed by atoms with Crippen molar-refractivity contribution in [2.45, 2.75) is 18.7 Å². The molecule has 0 aliphatic carbocycles. The molecule has 1 amide bonds. The standard InChI is InChI=1S/C19H20FN3O3S2/c1-4-23(5-2)28(25,26)15-9-6-13(7-10-15)18(24)21-19-22(3)16-11-8-14(20)12-17(16)27-19/h6-12H,4-5H2,1-3H3. The molecule has 0 aliphatic rings. The summed E-state index contributed by atoms with van der Waals surface area (Å²) in [6, 6.07) is 10.1. The fourth-order valence-electron chi connectivity index (χ4n) is 2.85. The van der Waals surface area contributed by atoms with Crippen LogP contribution in [0.2, 0.25) is 0 Å². The van der Waals surface area contributed by atoms with E-state index in [0.29, 0.717) is 22.6 Å². The predicted molar refractivity (Wildman–Crippen MR) is 107 cm³/mol. The van der Waals surface area contributed by atoms with Gasteiger partial charge in [-0.25, -0.2) is 12.8 Å². The van der Waals surface area contributed by atoms with Gasteiger partial charge in [0, 0.05) is 25.7 Å². The second-order valence-electron chi connectivity index (χ2n) is 6.09. The summed E-state index contributed by atoms with van der Waals surface area (Å²) in [4.78, 5) is 17.2. The molecule has 148 valence electrons. The van der Waals surface area contributed by atoms with Gasteiger partial charge in [0.15, 0.2) is 4.80 Å². The van der Waals surface area contributed by atoms with E-state index in [9.17, 15) is 17.6 Å². The van der Waals surface area contributed by atoms with Crippen molar-refractivity contribution in [2.75, 3.05) is 13.1 Å². The van der Waals surface area contributed by atoms with Crippen molar-refractivity contribution in [2.24, 2.45) is 12.0 Å². The molecule has 0 saturated heterocycles. The van der Waals surface area contributed by atoms with Gasteiger partial charge in [0.2, 0.25) is 10.0 Å². The van der Waals surface area contributed by atoms with Gasteiger partial charge in [-0.3, -0.25) is 4.79 Å². The van der Waals surface area contributed by atoms with Crippen LogP contribution < -0.4 is 4.80 Å². The summed E-state index contributed by atoms with van der Waals surface area (Å²) in [7, 11) is -1.82. The fourth-order valence-corrected chi connectivity index (χ4v) is 5.35. The highest BCUT2D eigenvalue weighted by atomic mass is 32.2. The first-order valence-electron chi connectivity index (χ1n) is 8.72. The second kappa shape index (κ2) is 7.94. The molecule has 0 bridgehead atoms. The molecule has 3 rings (SSSR count). The molecule has 6 nitrogen and oxygen atoms in total. The van der Waals surface area contributed by atoms with Crippen LogP contribution in [-0.4, -0.2) is 36.3 Å². The van der Waals surface area contributed by atoms with E-state index in [0.717, 1.165) is 5.52 Å². The van der Waals surface area contributed by atoms with E-state index in [-0.39, 0.29) is 16.3 Å². The van der Waals surface area contributed by atoms with Gasteiger partial charge in [-0.2, -0.15) is 9.30 Å². The number of carbonyl (C=O) groups is 1. The number of aromatic nitrogens is 1. The number of rotatable bonds is 5. The van der Waals surface area contributed by atoms with Crippen molar-refractivity contribution in [1.29, 1.82) is 0 Å². The lowest BCUT2D eigenvalue weighted by molar-refractivity contribution is 0.0998. The number of sulfonamides is 1. The zero-order chi connectivity index (χ0) is 20.5. The molecular formula is C19H20FN3O3S2. The third-order valence-corrected chi connectivity index (χ3v) is 7.57. The van der Waals surface area contributed by atoms with E-state index in [1.165, 1.54) is 52.0 Å². The Morgan fingerprint density at radius 3 is 2.39 bits per heavy atom. The molecule has 0 fully saturated rings. The average molecular weight is 422 g/mol. The van der Waals surface area contributed by atoms with Crippen LogP contribution >= 0.6 is 11.3 Å². The molecule has 0 saturated carbocycles. The number of benzene rings is 2. The van der Waals surface area contributed by atoms with Gasteiger partial charge in [0.1, 0.15) is 5.82 Å². The van der Waals surface area contributed by atoms with Crippen molar-refractivity contribution in [3.8, 4) is 0 Å². The highest BCUT2D eigenvalue weighted by Crippen LogP contribution is 2.19. The minimum absolute atomic E-state index is 0.135. The van der Waals surface area contributed by atoms with Crippen LogP contribution in [0.15, 0.2) is 52.4 Å². The monoisotopic (exact) mass is 421 g/mol. The van der Waals surface area contributed by atoms with Crippen LogP contribution in [0.1, 0.15) is 24.2 Å². The number of thiazole rings is 1. The van der Waals surface area contributed by atoms with Crippen molar-refractivity contribution in [3.63, 3.8) is 0 Å². The van der Waals surface area contributed by atoms with Gasteiger partial charge in [-0.15, -0.1) is 0 Å². The lowest BCUT2D eigenvalue weighted by atomic mass is 10.2. The number of nitrogens with zero attached hydrogens (tertiary/aromatic N) is 3. The van der Waals surface area contributed by atoms with Crippen LogP contribution in [0.4, 0.5) is 4.39 Å². The lowest BCUT2D eigenvalue weighted by Gasteiger charge is -2.18. The molecule has 0 spiro atoms. The molecule has 1 heterocycles. The third kappa shape index (κ3) is 3.78. The van der Waals surface area contributed by atoms with E-state index in [2.05, 4.69) is 4.99 Å². The Labute approximate surface area is 166 Å². The smallest absolute Gasteiger partial charge is 0.279 e. The summed E-state index contributed by atoms with van der Waals surface area (Å²) in [6.45, 7) is 4.29. The van der Waals surface area contributed by atoms with E-state index < -0.39 is 15.9 Å². The minimum atomic E-state index is -3.58. The molecule has 3 aromatic rings. The van der Waals surface area contributed by atoms with Gasteiger partial charge in [-0.1, -0.05) is 25.2 Å². The molecule has 0 unspecified atom stereocenters. The Hall–Kier alpha value is -2.36. The maximum atomic E-state index is 13.4. The molecule has 28 heavy (non-hydrogen) atoms. The van der Waals surface area contributed by atoms with Gasteiger partial charge in [0.25, 0.3) is 5.91 Å². The second-order valence-corrected chi connectivity index (χ2v) is 9.03. The summed E-state index contributed by atoms with van der Waals surface area (Å²) in [5, 5.41) is 0. The zero-order valence-corrected chi connectivity index (χ0v) is 17.3. The number of hydrogen-bond donors (Lipinski definition) is 0. The molecule has 0 aliphatic heterocycles. The fraction of sp³-hybridized carbons (Fsp3) is 0.263. The molecule has 2 aromatic carbocycles. The number of carbonyl (C=O) groups excluding carboxylic acids is 1. The number of aryl methyl sites for hydroxylation is 1. The Morgan fingerprint density at radius 2 is 1.79 bits per heavy atom. The van der Waals surface area contributed by atoms with Gasteiger partial charge in [0.05, 0.1) is 15.1 Å². The summed E-state index contributed by atoms with van der Waals surface area (Å²) in [6.07, 6.45) is 0. The van der Waals surface area contributed by atoms with Gasteiger partial charge < -0.3 is 4.57 Å². The van der Waals surface area contributed by atoms with Crippen LogP contribution in [0, 0.1) is 5.82 Å². The van der Waals surface area contributed by atoms with Crippen molar-refractivity contribution >= 4 is 37.5 Å². The SMILES string of the molecule is CCN(CC)S(=O)(=O)c1ccc(C(=O)N=c2sc3cc(F)ccc3n2C)cc1. The summed E-state index contributed by atoms with van der Waals surface area (Å²) in [5.74, 6) is -0.841. The highest BCUT2D eigenvalue weighted by Gasteiger charge is 2.21. The molecule has 0 atom stereocenters. The highest BCUT2D eigenvalue weighted by molar-refractivity contribution is 7.89. The number of fused-ring (bicyclic) bond motifs is 1. The van der Waals surface area contributed by atoms with E-state index in [4.69, 9.17) is 0 Å². The topological polar surface area (TPSA) is 71.7 Å². The maximum Gasteiger partial charge on any atom is 0.279 e. The maximum absolute atomic E-state index is 13.4. The van der Waals surface area contributed by atoms with Crippen LogP contribution in [0.3, 0.4) is 0 Å². The number of amides is 1. The van der Waals surface area contributed by atoms with E-state index in [1.807, 2.05) is 0 Å². The molecule has 9 heteroatoms. The Kier molecular flexibility index (Phi) is 5.78.